The van der Waals surface area contributed by atoms with Crippen molar-refractivity contribution in [3.63, 3.8) is 0 Å². The van der Waals surface area contributed by atoms with Crippen LogP contribution in [0.3, 0.4) is 0 Å². The highest BCUT2D eigenvalue weighted by Crippen LogP contribution is 2.58. The number of esters is 2. The Hall–Kier alpha value is -1.66. The smallest absolute Gasteiger partial charge is 0.339 e. The number of ether oxygens (including phenoxy) is 2. The minimum atomic E-state index is -0.347. The molecule has 5 rings (SSSR count). The van der Waals surface area contributed by atoms with Crippen LogP contribution in [0.15, 0.2) is 33.7 Å². The molecule has 0 N–H and O–H groups in total. The summed E-state index contributed by atoms with van der Waals surface area (Å²) >= 11 is 2.96. The number of fused-ring (bicyclic) bond motifs is 5. The van der Waals surface area contributed by atoms with E-state index in [1.54, 1.807) is 22.9 Å². The van der Waals surface area contributed by atoms with Crippen LogP contribution in [0.2, 0.25) is 0 Å². The fraction of sp³-hybridized carbons (Fsp3) is 0.524. The topological polar surface area (TPSA) is 52.6 Å². The van der Waals surface area contributed by atoms with Gasteiger partial charge in [0.15, 0.2) is 0 Å². The molecule has 0 amide bonds. The van der Waals surface area contributed by atoms with Gasteiger partial charge in [-0.25, -0.2) is 9.59 Å². The van der Waals surface area contributed by atoms with Crippen LogP contribution in [0.5, 0.6) is 0 Å². The van der Waals surface area contributed by atoms with Gasteiger partial charge in [0.05, 0.1) is 11.1 Å². The molecule has 0 spiro atoms. The van der Waals surface area contributed by atoms with Gasteiger partial charge in [0.25, 0.3) is 0 Å². The maximum atomic E-state index is 12.5. The molecule has 142 valence electrons. The van der Waals surface area contributed by atoms with Crippen molar-refractivity contribution in [3.8, 4) is 0 Å². The Labute approximate surface area is 166 Å². The fourth-order valence-electron chi connectivity index (χ4n) is 5.52. The molecule has 4 nitrogen and oxygen atoms in total. The number of hydrogen-bond donors (Lipinski definition) is 0. The zero-order valence-corrected chi connectivity index (χ0v) is 16.5. The van der Waals surface area contributed by atoms with Gasteiger partial charge in [0.1, 0.15) is 12.2 Å². The highest BCUT2D eigenvalue weighted by atomic mass is 32.1. The van der Waals surface area contributed by atoms with E-state index in [9.17, 15) is 9.59 Å². The van der Waals surface area contributed by atoms with E-state index in [-0.39, 0.29) is 24.1 Å². The van der Waals surface area contributed by atoms with Crippen LogP contribution >= 0.6 is 22.7 Å². The van der Waals surface area contributed by atoms with Crippen molar-refractivity contribution < 1.29 is 19.1 Å². The van der Waals surface area contributed by atoms with Crippen molar-refractivity contribution in [2.24, 2.45) is 23.7 Å². The second-order valence-corrected chi connectivity index (χ2v) is 9.60. The van der Waals surface area contributed by atoms with Crippen LogP contribution in [0.4, 0.5) is 0 Å². The third kappa shape index (κ3) is 3.23. The predicted octanol–water partition coefficient (Wildman–Crippen LogP) is 5.02. The minimum absolute atomic E-state index is 0.306. The van der Waals surface area contributed by atoms with E-state index in [1.165, 1.54) is 41.9 Å². The zero-order chi connectivity index (χ0) is 18.4. The maximum Gasteiger partial charge on any atom is 0.339 e. The van der Waals surface area contributed by atoms with Crippen LogP contribution in [0.1, 0.15) is 52.8 Å². The summed E-state index contributed by atoms with van der Waals surface area (Å²) in [5.74, 6) is 2.13. The molecular weight excluding hydrogens is 380 g/mol. The second-order valence-electron chi connectivity index (χ2n) is 8.04. The standard InChI is InChI=1S/C21H22O4S2/c22-20(14-3-5-26-10-14)24-18-8-16-12-1-2-13(7-12)17(16)9-19(18)25-21(23)15-4-6-27-11-15/h3-6,10-13,16-19H,1-2,7-9H2. The molecule has 3 fully saturated rings. The third-order valence-corrected chi connectivity index (χ3v) is 8.10. The van der Waals surface area contributed by atoms with Gasteiger partial charge in [-0.3, -0.25) is 0 Å². The summed E-state index contributed by atoms with van der Waals surface area (Å²) in [4.78, 5) is 25.1. The molecule has 2 aromatic rings. The molecule has 3 aliphatic carbocycles. The van der Waals surface area contributed by atoms with Crippen LogP contribution < -0.4 is 0 Å². The maximum absolute atomic E-state index is 12.5. The molecule has 0 aliphatic heterocycles. The zero-order valence-electron chi connectivity index (χ0n) is 14.9. The van der Waals surface area contributed by atoms with Gasteiger partial charge in [-0.2, -0.15) is 22.7 Å². The average Bonchev–Trinajstić information content (AvgIpc) is 3.47. The number of carbonyl (C=O) groups is 2. The van der Waals surface area contributed by atoms with Crippen LogP contribution in [-0.4, -0.2) is 24.1 Å². The van der Waals surface area contributed by atoms with Crippen LogP contribution in [-0.2, 0) is 9.47 Å². The van der Waals surface area contributed by atoms with Crippen molar-refractivity contribution in [1.29, 1.82) is 0 Å². The van der Waals surface area contributed by atoms with Gasteiger partial charge in [-0.05, 0) is 78.7 Å². The second kappa shape index (κ2) is 7.06. The lowest BCUT2D eigenvalue weighted by molar-refractivity contribution is -0.0822. The van der Waals surface area contributed by atoms with Gasteiger partial charge in [0, 0.05) is 10.8 Å². The number of thiophene rings is 2. The number of rotatable bonds is 4. The van der Waals surface area contributed by atoms with Gasteiger partial charge < -0.3 is 9.47 Å². The Bertz CT molecular complexity index is 745. The highest BCUT2D eigenvalue weighted by Gasteiger charge is 2.53. The summed E-state index contributed by atoms with van der Waals surface area (Å²) < 4.78 is 11.8. The summed E-state index contributed by atoms with van der Waals surface area (Å²) in [7, 11) is 0. The van der Waals surface area contributed by atoms with Crippen molar-refractivity contribution >= 4 is 34.6 Å². The molecule has 6 atom stereocenters. The Morgan fingerprint density at radius 3 is 1.67 bits per heavy atom. The molecule has 2 heterocycles. The molecule has 3 saturated carbocycles. The van der Waals surface area contributed by atoms with Crippen molar-refractivity contribution in [1.82, 2.24) is 0 Å². The molecule has 2 aromatic heterocycles. The van der Waals surface area contributed by atoms with E-state index < -0.39 is 0 Å². The fourth-order valence-corrected chi connectivity index (χ4v) is 6.77. The summed E-state index contributed by atoms with van der Waals surface area (Å²) in [5, 5.41) is 7.35. The summed E-state index contributed by atoms with van der Waals surface area (Å²) in [5.41, 5.74) is 1.16. The van der Waals surface area contributed by atoms with E-state index in [2.05, 4.69) is 0 Å². The average molecular weight is 403 g/mol. The van der Waals surface area contributed by atoms with E-state index in [0.29, 0.717) is 23.0 Å². The molecule has 6 unspecified atom stereocenters. The first-order chi connectivity index (χ1) is 13.2. The molecule has 3 aliphatic rings. The minimum Gasteiger partial charge on any atom is -0.455 e. The molecule has 0 aromatic carbocycles. The molecular formula is C21H22O4S2. The van der Waals surface area contributed by atoms with E-state index >= 15 is 0 Å². The Kier molecular flexibility index (Phi) is 4.56. The van der Waals surface area contributed by atoms with Crippen molar-refractivity contribution in [2.75, 3.05) is 0 Å². The normalized spacial score (nSPS) is 34.2. The first-order valence-corrected chi connectivity index (χ1v) is 11.5. The number of hydrogen-bond acceptors (Lipinski definition) is 6. The molecule has 27 heavy (non-hydrogen) atoms. The van der Waals surface area contributed by atoms with Gasteiger partial charge in [-0.15, -0.1) is 0 Å². The summed E-state index contributed by atoms with van der Waals surface area (Å²) in [6, 6.07) is 3.56. The molecule has 0 radical (unpaired) electrons. The monoisotopic (exact) mass is 402 g/mol. The molecule has 0 saturated heterocycles. The lowest BCUT2D eigenvalue weighted by atomic mass is 9.69. The summed E-state index contributed by atoms with van der Waals surface area (Å²) in [6.07, 6.45) is 4.85. The van der Waals surface area contributed by atoms with E-state index in [4.69, 9.17) is 9.47 Å². The third-order valence-electron chi connectivity index (χ3n) is 6.73. The van der Waals surface area contributed by atoms with Crippen molar-refractivity contribution in [3.05, 3.63) is 44.8 Å². The van der Waals surface area contributed by atoms with E-state index in [0.717, 1.165) is 24.7 Å². The van der Waals surface area contributed by atoms with Crippen molar-refractivity contribution in [2.45, 2.75) is 44.3 Å². The van der Waals surface area contributed by atoms with Gasteiger partial charge in [-0.1, -0.05) is 0 Å². The SMILES string of the molecule is O=C(OC1CC2C3CCC(C3)C2CC1OC(=O)c1ccsc1)c1ccsc1. The Morgan fingerprint density at radius 2 is 1.26 bits per heavy atom. The quantitative estimate of drug-likeness (QED) is 0.674. The first-order valence-electron chi connectivity index (χ1n) is 9.65. The van der Waals surface area contributed by atoms with E-state index in [1.807, 2.05) is 10.8 Å². The van der Waals surface area contributed by atoms with Gasteiger partial charge in [0.2, 0.25) is 0 Å². The largest absolute Gasteiger partial charge is 0.455 e. The van der Waals surface area contributed by atoms with Crippen LogP contribution in [0.25, 0.3) is 0 Å². The Balaban J connectivity index is 1.35. The highest BCUT2D eigenvalue weighted by molar-refractivity contribution is 7.08. The predicted molar refractivity (Wildman–Crippen MR) is 104 cm³/mol. The number of carbonyl (C=O) groups excluding carboxylic acids is 2. The lowest BCUT2D eigenvalue weighted by Gasteiger charge is -2.42. The molecule has 2 bridgehead atoms. The Morgan fingerprint density at radius 1 is 0.778 bits per heavy atom. The van der Waals surface area contributed by atoms with Crippen LogP contribution in [0, 0.1) is 23.7 Å². The lowest BCUT2D eigenvalue weighted by Crippen LogP contribution is -2.45. The van der Waals surface area contributed by atoms with Gasteiger partial charge >= 0.3 is 11.9 Å². The summed E-state index contributed by atoms with van der Waals surface area (Å²) in [6.45, 7) is 0. The molecule has 6 heteroatoms. The first kappa shape index (κ1) is 17.4.